The number of morpholine rings is 1. The monoisotopic (exact) mass is 484 g/mol. The van der Waals surface area contributed by atoms with Crippen LogP contribution < -0.4 is 10.9 Å². The quantitative estimate of drug-likeness (QED) is 0.581. The number of amides is 1. The number of nitrogens with zero attached hydrogens (tertiary/aromatic N) is 3. The predicted octanol–water partition coefficient (Wildman–Crippen LogP) is 2.70. The van der Waals surface area contributed by atoms with Gasteiger partial charge in [-0.25, -0.2) is 4.98 Å². The van der Waals surface area contributed by atoms with Crippen LogP contribution in [0.5, 0.6) is 0 Å². The molecule has 0 bridgehead atoms. The lowest BCUT2D eigenvalue weighted by Crippen LogP contribution is -2.40. The van der Waals surface area contributed by atoms with Crippen LogP contribution in [-0.4, -0.2) is 46.2 Å². The van der Waals surface area contributed by atoms with Crippen LogP contribution in [0.1, 0.15) is 18.1 Å². The third kappa shape index (κ3) is 5.58. The first kappa shape index (κ1) is 21.7. The fourth-order valence-electron chi connectivity index (χ4n) is 3.79. The van der Waals surface area contributed by atoms with Gasteiger partial charge < -0.3 is 10.1 Å². The van der Waals surface area contributed by atoms with E-state index >= 15 is 0 Å². The second-order valence-corrected chi connectivity index (χ2v) is 8.77. The standard InChI is InChI=1S/C23H25BrN4O3/c1-16-12-27(7-8-31-16)13-18-4-2-3-17(9-18)11-25-22(29)14-28-15-26-21-6-5-19(24)10-20(21)23(28)30/h2-6,9-10,15-16H,7-8,11-14H2,1H3,(H,25,29). The lowest BCUT2D eigenvalue weighted by molar-refractivity contribution is -0.121. The van der Waals surface area contributed by atoms with Gasteiger partial charge in [0.25, 0.3) is 5.56 Å². The summed E-state index contributed by atoms with van der Waals surface area (Å²) in [6.07, 6.45) is 1.67. The summed E-state index contributed by atoms with van der Waals surface area (Å²) in [4.78, 5) is 31.8. The summed E-state index contributed by atoms with van der Waals surface area (Å²) in [5.41, 5.74) is 2.61. The molecule has 1 aliphatic heterocycles. The Balaban J connectivity index is 1.36. The highest BCUT2D eigenvalue weighted by Crippen LogP contribution is 2.15. The summed E-state index contributed by atoms with van der Waals surface area (Å²) in [7, 11) is 0. The highest BCUT2D eigenvalue weighted by Gasteiger charge is 2.16. The maximum Gasteiger partial charge on any atom is 0.261 e. The van der Waals surface area contributed by atoms with Crippen molar-refractivity contribution in [3.8, 4) is 0 Å². The third-order valence-electron chi connectivity index (χ3n) is 5.31. The zero-order valence-electron chi connectivity index (χ0n) is 17.4. The number of carbonyl (C=O) groups is 1. The fraction of sp³-hybridized carbons (Fsp3) is 0.348. The fourth-order valence-corrected chi connectivity index (χ4v) is 4.15. The first-order chi connectivity index (χ1) is 15.0. The van der Waals surface area contributed by atoms with E-state index in [9.17, 15) is 9.59 Å². The van der Waals surface area contributed by atoms with Gasteiger partial charge in [0, 0.05) is 30.7 Å². The Morgan fingerprint density at radius 2 is 2.10 bits per heavy atom. The maximum absolute atomic E-state index is 12.7. The van der Waals surface area contributed by atoms with E-state index in [4.69, 9.17) is 4.74 Å². The van der Waals surface area contributed by atoms with Crippen LogP contribution in [0.3, 0.4) is 0 Å². The molecular weight excluding hydrogens is 460 g/mol. The number of fused-ring (bicyclic) bond motifs is 1. The molecule has 8 heteroatoms. The van der Waals surface area contributed by atoms with Gasteiger partial charge in [-0.15, -0.1) is 0 Å². The van der Waals surface area contributed by atoms with Gasteiger partial charge in [-0.1, -0.05) is 40.2 Å². The van der Waals surface area contributed by atoms with Crippen molar-refractivity contribution in [2.75, 3.05) is 19.7 Å². The SMILES string of the molecule is CC1CN(Cc2cccc(CNC(=O)Cn3cnc4ccc(Br)cc4c3=O)c2)CCO1. The lowest BCUT2D eigenvalue weighted by Gasteiger charge is -2.31. The van der Waals surface area contributed by atoms with Gasteiger partial charge in [-0.3, -0.25) is 19.1 Å². The van der Waals surface area contributed by atoms with Crippen molar-refractivity contribution in [2.24, 2.45) is 0 Å². The number of nitrogens with one attached hydrogen (secondary N) is 1. The smallest absolute Gasteiger partial charge is 0.261 e. The predicted molar refractivity (Wildman–Crippen MR) is 123 cm³/mol. The largest absolute Gasteiger partial charge is 0.376 e. The van der Waals surface area contributed by atoms with Crippen LogP contribution in [0, 0.1) is 0 Å². The minimum atomic E-state index is -0.233. The molecule has 2 heterocycles. The molecule has 1 N–H and O–H groups in total. The first-order valence-electron chi connectivity index (χ1n) is 10.3. The van der Waals surface area contributed by atoms with E-state index in [-0.39, 0.29) is 24.1 Å². The van der Waals surface area contributed by atoms with Gasteiger partial charge in [0.05, 0.1) is 29.9 Å². The Hall–Kier alpha value is -2.55. The molecule has 1 aliphatic rings. The summed E-state index contributed by atoms with van der Waals surface area (Å²) >= 11 is 3.37. The van der Waals surface area contributed by atoms with Gasteiger partial charge in [-0.05, 0) is 36.2 Å². The van der Waals surface area contributed by atoms with E-state index in [0.29, 0.717) is 17.4 Å². The van der Waals surface area contributed by atoms with Crippen LogP contribution in [0.25, 0.3) is 10.9 Å². The van der Waals surface area contributed by atoms with Crippen molar-refractivity contribution in [3.05, 3.63) is 74.7 Å². The summed E-state index contributed by atoms with van der Waals surface area (Å²) in [5.74, 6) is -0.231. The average molecular weight is 485 g/mol. The van der Waals surface area contributed by atoms with Crippen LogP contribution in [0.4, 0.5) is 0 Å². The van der Waals surface area contributed by atoms with Crippen molar-refractivity contribution in [2.45, 2.75) is 32.7 Å². The number of rotatable bonds is 6. The molecule has 0 saturated carbocycles. The van der Waals surface area contributed by atoms with Crippen LogP contribution >= 0.6 is 15.9 Å². The number of aromatic nitrogens is 2. The molecule has 1 aromatic heterocycles. The number of halogens is 1. The Labute approximate surface area is 189 Å². The number of hydrogen-bond donors (Lipinski definition) is 1. The Morgan fingerprint density at radius 3 is 2.94 bits per heavy atom. The summed E-state index contributed by atoms with van der Waals surface area (Å²) < 4.78 is 7.73. The number of ether oxygens (including phenoxy) is 1. The highest BCUT2D eigenvalue weighted by molar-refractivity contribution is 9.10. The summed E-state index contributed by atoms with van der Waals surface area (Å²) in [6.45, 7) is 5.91. The van der Waals surface area contributed by atoms with Crippen molar-refractivity contribution >= 4 is 32.7 Å². The van der Waals surface area contributed by atoms with E-state index in [0.717, 1.165) is 36.3 Å². The van der Waals surface area contributed by atoms with E-state index in [1.54, 1.807) is 12.1 Å². The third-order valence-corrected chi connectivity index (χ3v) is 5.81. The number of benzene rings is 2. The molecule has 2 aromatic carbocycles. The maximum atomic E-state index is 12.7. The minimum Gasteiger partial charge on any atom is -0.376 e. The van der Waals surface area contributed by atoms with Gasteiger partial charge in [0.15, 0.2) is 0 Å². The summed E-state index contributed by atoms with van der Waals surface area (Å²) in [6, 6.07) is 13.5. The van der Waals surface area contributed by atoms with Crippen molar-refractivity contribution in [3.63, 3.8) is 0 Å². The molecule has 7 nitrogen and oxygen atoms in total. The lowest BCUT2D eigenvalue weighted by atomic mass is 10.1. The van der Waals surface area contributed by atoms with E-state index in [1.807, 2.05) is 18.2 Å². The molecule has 1 unspecified atom stereocenters. The van der Waals surface area contributed by atoms with Crippen LogP contribution in [0.15, 0.2) is 58.1 Å². The normalized spacial score (nSPS) is 17.0. The van der Waals surface area contributed by atoms with E-state index in [2.05, 4.69) is 50.2 Å². The second-order valence-electron chi connectivity index (χ2n) is 7.85. The minimum absolute atomic E-state index is 0.0698. The van der Waals surface area contributed by atoms with Gasteiger partial charge in [-0.2, -0.15) is 0 Å². The molecule has 162 valence electrons. The average Bonchev–Trinajstić information content (AvgIpc) is 2.75. The zero-order chi connectivity index (χ0) is 21.8. The molecule has 1 amide bonds. The molecule has 31 heavy (non-hydrogen) atoms. The molecule has 1 fully saturated rings. The summed E-state index contributed by atoms with van der Waals surface area (Å²) in [5, 5.41) is 3.38. The van der Waals surface area contributed by atoms with Gasteiger partial charge >= 0.3 is 0 Å². The second kappa shape index (κ2) is 9.72. The number of hydrogen-bond acceptors (Lipinski definition) is 5. The molecule has 0 radical (unpaired) electrons. The molecule has 1 saturated heterocycles. The Kier molecular flexibility index (Phi) is 6.80. The van der Waals surface area contributed by atoms with Crippen LogP contribution in [-0.2, 0) is 29.2 Å². The van der Waals surface area contributed by atoms with Gasteiger partial charge in [0.1, 0.15) is 6.54 Å². The molecule has 1 atom stereocenters. The van der Waals surface area contributed by atoms with E-state index < -0.39 is 0 Å². The Bertz CT molecular complexity index is 1150. The van der Waals surface area contributed by atoms with Crippen molar-refractivity contribution < 1.29 is 9.53 Å². The molecular formula is C23H25BrN4O3. The topological polar surface area (TPSA) is 76.5 Å². The zero-order valence-corrected chi connectivity index (χ0v) is 19.0. The molecule has 0 spiro atoms. The Morgan fingerprint density at radius 1 is 1.26 bits per heavy atom. The molecule has 4 rings (SSSR count). The first-order valence-corrected chi connectivity index (χ1v) is 11.1. The van der Waals surface area contributed by atoms with Crippen LogP contribution in [0.2, 0.25) is 0 Å². The number of carbonyl (C=O) groups excluding carboxylic acids is 1. The van der Waals surface area contributed by atoms with Crippen molar-refractivity contribution in [1.82, 2.24) is 19.8 Å². The molecule has 3 aromatic rings. The highest BCUT2D eigenvalue weighted by atomic mass is 79.9. The molecule has 0 aliphatic carbocycles. The van der Waals surface area contributed by atoms with Gasteiger partial charge in [0.2, 0.25) is 5.91 Å². The van der Waals surface area contributed by atoms with Crippen molar-refractivity contribution in [1.29, 1.82) is 0 Å². The van der Waals surface area contributed by atoms with E-state index in [1.165, 1.54) is 16.5 Å².